The van der Waals surface area contributed by atoms with Crippen LogP contribution in [0.5, 0.6) is 0 Å². The minimum atomic E-state index is -0.381. The molecule has 0 aliphatic carbocycles. The van der Waals surface area contributed by atoms with Crippen LogP contribution < -0.4 is 0 Å². The van der Waals surface area contributed by atoms with Crippen LogP contribution in [0, 0.1) is 0 Å². The molecule has 2 rings (SSSR count). The van der Waals surface area contributed by atoms with Gasteiger partial charge in [0.1, 0.15) is 5.38 Å². The molecular weight excluding hydrogens is 244 g/mol. The normalized spacial score (nSPS) is 29.4. The van der Waals surface area contributed by atoms with Gasteiger partial charge in [0, 0.05) is 38.0 Å². The average molecular weight is 263 g/mol. The van der Waals surface area contributed by atoms with Crippen molar-refractivity contribution in [2.75, 3.05) is 37.7 Å². The summed E-state index contributed by atoms with van der Waals surface area (Å²) in [5, 5.41) is -0.381. The predicted octanol–water partition coefficient (Wildman–Crippen LogP) is 1.26. The number of hydrogen-bond acceptors (Lipinski definition) is 3. The molecule has 2 heterocycles. The van der Waals surface area contributed by atoms with E-state index in [0.717, 1.165) is 32.2 Å². The summed E-state index contributed by atoms with van der Waals surface area (Å²) in [5.41, 5.74) is 0. The average Bonchev–Trinajstić information content (AvgIpc) is 2.81. The van der Waals surface area contributed by atoms with Gasteiger partial charge >= 0.3 is 0 Å². The molecule has 0 saturated carbocycles. The largest absolute Gasteiger partial charge is 0.339 e. The van der Waals surface area contributed by atoms with E-state index in [4.69, 9.17) is 11.6 Å². The van der Waals surface area contributed by atoms with E-state index >= 15 is 0 Å². The molecule has 2 aliphatic heterocycles. The molecule has 92 valence electrons. The van der Waals surface area contributed by atoms with E-state index in [-0.39, 0.29) is 11.3 Å². The van der Waals surface area contributed by atoms with Gasteiger partial charge in [-0.15, -0.1) is 11.6 Å². The summed E-state index contributed by atoms with van der Waals surface area (Å²) in [6.07, 6.45) is 1.31. The molecule has 2 aliphatic rings. The van der Waals surface area contributed by atoms with Gasteiger partial charge in [-0.1, -0.05) is 0 Å². The van der Waals surface area contributed by atoms with Gasteiger partial charge in [-0.25, -0.2) is 0 Å². The Hall–Kier alpha value is 0.0700. The molecule has 0 aromatic heterocycles. The van der Waals surface area contributed by atoms with E-state index in [1.807, 2.05) is 16.7 Å². The molecule has 2 saturated heterocycles. The van der Waals surface area contributed by atoms with E-state index in [9.17, 15) is 4.79 Å². The summed E-state index contributed by atoms with van der Waals surface area (Å²) in [6.45, 7) is 5.47. The Balaban J connectivity index is 1.80. The zero-order chi connectivity index (χ0) is 11.5. The van der Waals surface area contributed by atoms with Crippen molar-refractivity contribution in [2.24, 2.45) is 0 Å². The van der Waals surface area contributed by atoms with Crippen molar-refractivity contribution < 1.29 is 4.79 Å². The van der Waals surface area contributed by atoms with Crippen LogP contribution in [0.2, 0.25) is 0 Å². The molecule has 1 amide bonds. The van der Waals surface area contributed by atoms with Gasteiger partial charge in [0.2, 0.25) is 5.91 Å². The molecular formula is C11H19ClN2OS. The lowest BCUT2D eigenvalue weighted by molar-refractivity contribution is -0.132. The number of rotatable bonds is 2. The second kappa shape index (κ2) is 5.61. The zero-order valence-electron chi connectivity index (χ0n) is 9.69. The molecule has 0 aromatic carbocycles. The van der Waals surface area contributed by atoms with Gasteiger partial charge in [-0.05, 0) is 19.1 Å². The molecule has 0 bridgehead atoms. The van der Waals surface area contributed by atoms with Crippen molar-refractivity contribution in [3.8, 4) is 0 Å². The number of carbonyl (C=O) groups is 1. The third-order valence-electron chi connectivity index (χ3n) is 3.39. The molecule has 2 atom stereocenters. The van der Waals surface area contributed by atoms with E-state index < -0.39 is 0 Å². The summed E-state index contributed by atoms with van der Waals surface area (Å²) in [7, 11) is 0. The Morgan fingerprint density at radius 1 is 1.38 bits per heavy atom. The maximum absolute atomic E-state index is 11.7. The van der Waals surface area contributed by atoms with Crippen LogP contribution >= 0.6 is 23.4 Å². The summed E-state index contributed by atoms with van der Waals surface area (Å²) in [6, 6.07) is 0.746. The first kappa shape index (κ1) is 12.5. The SMILES string of the molecule is C[C@H](Cl)C(=O)N1CCN([C@H]2CCSC2)CC1. The second-order valence-corrected chi connectivity index (χ2v) is 6.30. The lowest BCUT2D eigenvalue weighted by Gasteiger charge is -2.38. The Labute approximate surface area is 106 Å². The van der Waals surface area contributed by atoms with Crippen LogP contribution in [0.15, 0.2) is 0 Å². The van der Waals surface area contributed by atoms with Crippen LogP contribution in [0.4, 0.5) is 0 Å². The number of hydrogen-bond donors (Lipinski definition) is 0. The lowest BCUT2D eigenvalue weighted by Crippen LogP contribution is -2.53. The van der Waals surface area contributed by atoms with Crippen LogP contribution in [0.3, 0.4) is 0 Å². The fourth-order valence-corrected chi connectivity index (χ4v) is 3.76. The fraction of sp³-hybridized carbons (Fsp3) is 0.909. The zero-order valence-corrected chi connectivity index (χ0v) is 11.3. The number of carbonyl (C=O) groups excluding carboxylic acids is 1. The third kappa shape index (κ3) is 2.84. The van der Waals surface area contributed by atoms with Crippen molar-refractivity contribution in [2.45, 2.75) is 24.8 Å². The van der Waals surface area contributed by atoms with Crippen molar-refractivity contribution in [1.82, 2.24) is 9.80 Å². The minimum Gasteiger partial charge on any atom is -0.339 e. The molecule has 5 heteroatoms. The van der Waals surface area contributed by atoms with Gasteiger partial charge in [-0.2, -0.15) is 11.8 Å². The minimum absolute atomic E-state index is 0.0853. The Morgan fingerprint density at radius 3 is 2.56 bits per heavy atom. The molecule has 2 fully saturated rings. The Kier molecular flexibility index (Phi) is 4.39. The number of halogens is 1. The first-order valence-corrected chi connectivity index (χ1v) is 7.52. The number of piperazine rings is 1. The molecule has 0 N–H and O–H groups in total. The standard InChI is InChI=1S/C11H19ClN2OS/c1-9(12)11(15)14-5-3-13(4-6-14)10-2-7-16-8-10/h9-10H,2-8H2,1H3/t9-,10-/m0/s1. The number of amides is 1. The second-order valence-electron chi connectivity index (χ2n) is 4.49. The summed E-state index contributed by atoms with van der Waals surface area (Å²) >= 11 is 7.86. The summed E-state index contributed by atoms with van der Waals surface area (Å²) in [5.74, 6) is 2.64. The smallest absolute Gasteiger partial charge is 0.240 e. The van der Waals surface area contributed by atoms with Crippen molar-refractivity contribution >= 4 is 29.3 Å². The first-order valence-electron chi connectivity index (χ1n) is 5.93. The molecule has 0 radical (unpaired) electrons. The quantitative estimate of drug-likeness (QED) is 0.700. The van der Waals surface area contributed by atoms with Crippen molar-refractivity contribution in [1.29, 1.82) is 0 Å². The monoisotopic (exact) mass is 262 g/mol. The van der Waals surface area contributed by atoms with E-state index in [1.54, 1.807) is 6.92 Å². The van der Waals surface area contributed by atoms with Gasteiger partial charge < -0.3 is 4.90 Å². The van der Waals surface area contributed by atoms with Crippen LogP contribution in [0.25, 0.3) is 0 Å². The van der Waals surface area contributed by atoms with Gasteiger partial charge in [0.15, 0.2) is 0 Å². The molecule has 3 nitrogen and oxygen atoms in total. The highest BCUT2D eigenvalue weighted by molar-refractivity contribution is 7.99. The number of nitrogens with zero attached hydrogens (tertiary/aromatic N) is 2. The molecule has 0 unspecified atom stereocenters. The van der Waals surface area contributed by atoms with E-state index in [1.165, 1.54) is 17.9 Å². The fourth-order valence-electron chi connectivity index (χ4n) is 2.37. The maximum atomic E-state index is 11.7. The van der Waals surface area contributed by atoms with Gasteiger partial charge in [0.05, 0.1) is 0 Å². The van der Waals surface area contributed by atoms with Crippen LogP contribution in [-0.2, 0) is 4.79 Å². The molecule has 0 aromatic rings. The van der Waals surface area contributed by atoms with Crippen LogP contribution in [0.1, 0.15) is 13.3 Å². The number of alkyl halides is 1. The van der Waals surface area contributed by atoms with E-state index in [0.29, 0.717) is 0 Å². The van der Waals surface area contributed by atoms with Gasteiger partial charge in [-0.3, -0.25) is 9.69 Å². The van der Waals surface area contributed by atoms with Crippen LogP contribution in [-0.4, -0.2) is 64.8 Å². The lowest BCUT2D eigenvalue weighted by atomic mass is 10.2. The molecule has 16 heavy (non-hydrogen) atoms. The predicted molar refractivity (Wildman–Crippen MR) is 69.2 cm³/mol. The molecule has 0 spiro atoms. The van der Waals surface area contributed by atoms with Crippen molar-refractivity contribution in [3.63, 3.8) is 0 Å². The highest BCUT2D eigenvalue weighted by Gasteiger charge is 2.28. The third-order valence-corrected chi connectivity index (χ3v) is 4.72. The van der Waals surface area contributed by atoms with E-state index in [2.05, 4.69) is 4.90 Å². The number of thioether (sulfide) groups is 1. The van der Waals surface area contributed by atoms with Crippen molar-refractivity contribution in [3.05, 3.63) is 0 Å². The Bertz CT molecular complexity index is 248. The summed E-state index contributed by atoms with van der Waals surface area (Å²) in [4.78, 5) is 16.1. The highest BCUT2D eigenvalue weighted by Crippen LogP contribution is 2.23. The topological polar surface area (TPSA) is 23.6 Å². The highest BCUT2D eigenvalue weighted by atomic mass is 35.5. The Morgan fingerprint density at radius 2 is 2.06 bits per heavy atom. The van der Waals surface area contributed by atoms with Gasteiger partial charge in [0.25, 0.3) is 0 Å². The maximum Gasteiger partial charge on any atom is 0.240 e. The first-order chi connectivity index (χ1) is 7.68. The summed E-state index contributed by atoms with van der Waals surface area (Å²) < 4.78 is 0.